The molecule has 1 unspecified atom stereocenters. The number of ketones is 1. The summed E-state index contributed by atoms with van der Waals surface area (Å²) in [5.74, 6) is -0.714. The Morgan fingerprint density at radius 1 is 1.37 bits per heavy atom. The molecule has 1 aliphatic carbocycles. The van der Waals surface area contributed by atoms with Gasteiger partial charge in [-0.3, -0.25) is 9.59 Å². The Hall–Kier alpha value is -2.85. The van der Waals surface area contributed by atoms with Crippen molar-refractivity contribution in [3.8, 4) is 11.8 Å². The zero-order valence-electron chi connectivity index (χ0n) is 14.6. The van der Waals surface area contributed by atoms with Gasteiger partial charge >= 0.3 is 0 Å². The van der Waals surface area contributed by atoms with E-state index in [4.69, 9.17) is 10.00 Å². The Balaban J connectivity index is 1.70. The van der Waals surface area contributed by atoms with Gasteiger partial charge in [0.05, 0.1) is 23.1 Å². The number of benzene rings is 2. The number of fused-ring (bicyclic) bond motifs is 1. The average molecular weight is 384 g/mol. The first-order valence-corrected chi connectivity index (χ1v) is 9.37. The lowest BCUT2D eigenvalue weighted by Gasteiger charge is -2.13. The Labute approximate surface area is 160 Å². The minimum Gasteiger partial charge on any atom is -0.483 e. The normalized spacial score (nSPS) is 15.1. The van der Waals surface area contributed by atoms with E-state index < -0.39 is 11.7 Å². The molecule has 27 heavy (non-hydrogen) atoms. The number of ether oxygens (including phenoxy) is 1. The van der Waals surface area contributed by atoms with E-state index in [2.05, 4.69) is 5.32 Å². The van der Waals surface area contributed by atoms with Gasteiger partial charge in [-0.15, -0.1) is 11.8 Å². The number of nitriles is 1. The molecule has 0 saturated heterocycles. The maximum absolute atomic E-state index is 14.0. The van der Waals surface area contributed by atoms with Crippen LogP contribution < -0.4 is 10.1 Å². The largest absolute Gasteiger partial charge is 0.483 e. The van der Waals surface area contributed by atoms with E-state index in [1.165, 1.54) is 23.9 Å². The number of nitrogens with one attached hydrogen (secondary N) is 1. The molecule has 0 fully saturated rings. The molecule has 0 aromatic heterocycles. The average Bonchev–Trinajstić information content (AvgIpc) is 2.96. The van der Waals surface area contributed by atoms with Crippen molar-refractivity contribution < 1.29 is 18.7 Å². The Kier molecular flexibility index (Phi) is 5.77. The second-order valence-corrected chi connectivity index (χ2v) is 7.16. The summed E-state index contributed by atoms with van der Waals surface area (Å²) in [5, 5.41) is 11.5. The molecular weight excluding hydrogens is 367 g/mol. The van der Waals surface area contributed by atoms with Crippen LogP contribution in [0.3, 0.4) is 0 Å². The monoisotopic (exact) mass is 384 g/mol. The van der Waals surface area contributed by atoms with E-state index >= 15 is 0 Å². The van der Waals surface area contributed by atoms with Crippen LogP contribution in [0.15, 0.2) is 41.3 Å². The van der Waals surface area contributed by atoms with Crippen LogP contribution in [0.5, 0.6) is 5.75 Å². The maximum atomic E-state index is 14.0. The van der Waals surface area contributed by atoms with Crippen molar-refractivity contribution in [2.24, 2.45) is 0 Å². The van der Waals surface area contributed by atoms with Gasteiger partial charge in [-0.05, 0) is 30.2 Å². The van der Waals surface area contributed by atoms with Crippen LogP contribution in [0, 0.1) is 17.1 Å². The number of nitrogens with zero attached hydrogens (tertiary/aromatic N) is 1. The van der Waals surface area contributed by atoms with Crippen LogP contribution >= 0.6 is 11.8 Å². The fourth-order valence-corrected chi connectivity index (χ4v) is 3.75. The molecule has 0 aliphatic heterocycles. The molecule has 5 nitrogen and oxygen atoms in total. The number of anilines is 1. The molecule has 1 amide bonds. The van der Waals surface area contributed by atoms with Gasteiger partial charge in [0.25, 0.3) is 5.91 Å². The molecule has 0 radical (unpaired) electrons. The van der Waals surface area contributed by atoms with Crippen LogP contribution in [-0.2, 0) is 4.79 Å². The van der Waals surface area contributed by atoms with Crippen LogP contribution in [-0.4, -0.2) is 24.1 Å². The number of rotatable bonds is 6. The summed E-state index contributed by atoms with van der Waals surface area (Å²) in [6.07, 6.45) is 0.238. The summed E-state index contributed by atoms with van der Waals surface area (Å²) in [6, 6.07) is 11.8. The molecule has 0 spiro atoms. The number of halogens is 1. The van der Waals surface area contributed by atoms with Crippen molar-refractivity contribution in [2.45, 2.75) is 24.2 Å². The third-order valence-corrected chi connectivity index (χ3v) is 5.17. The number of para-hydroxylation sites is 1. The number of hydrogen-bond acceptors (Lipinski definition) is 5. The zero-order valence-corrected chi connectivity index (χ0v) is 15.4. The molecule has 1 atom stereocenters. The van der Waals surface area contributed by atoms with Gasteiger partial charge < -0.3 is 10.1 Å². The standard InChI is InChI=1S/C20H17FN2O3S/c1-12-10-15(24)20-16(7-6-13(21)19(12)20)26-11-18(25)23-14-4-2-3-5-17(14)27-9-8-22/h2-7,12H,9-11H2,1H3,(H,23,25). The number of hydrogen-bond donors (Lipinski definition) is 1. The van der Waals surface area contributed by atoms with Gasteiger partial charge in [-0.2, -0.15) is 5.26 Å². The number of Topliss-reactive ketones (excluding diaryl/α,β-unsaturated/α-hetero) is 1. The quantitative estimate of drug-likeness (QED) is 0.757. The Morgan fingerprint density at radius 2 is 2.15 bits per heavy atom. The molecule has 7 heteroatoms. The van der Waals surface area contributed by atoms with E-state index in [1.807, 2.05) is 18.2 Å². The van der Waals surface area contributed by atoms with E-state index in [0.29, 0.717) is 11.3 Å². The van der Waals surface area contributed by atoms with Gasteiger partial charge in [0, 0.05) is 16.9 Å². The molecule has 1 aliphatic rings. The first-order chi connectivity index (χ1) is 13.0. The van der Waals surface area contributed by atoms with Crippen molar-refractivity contribution in [3.05, 3.63) is 53.3 Å². The molecule has 2 aromatic carbocycles. The molecule has 2 aromatic rings. The highest BCUT2D eigenvalue weighted by Gasteiger charge is 2.32. The third kappa shape index (κ3) is 4.12. The number of carbonyl (C=O) groups excluding carboxylic acids is 2. The SMILES string of the molecule is CC1CC(=O)c2c(OCC(=O)Nc3ccccc3SCC#N)ccc(F)c21. The summed E-state index contributed by atoms with van der Waals surface area (Å²) in [5.41, 5.74) is 1.18. The van der Waals surface area contributed by atoms with Gasteiger partial charge in [0.2, 0.25) is 0 Å². The van der Waals surface area contributed by atoms with E-state index in [9.17, 15) is 14.0 Å². The number of thioether (sulfide) groups is 1. The third-order valence-electron chi connectivity index (χ3n) is 4.23. The van der Waals surface area contributed by atoms with Crippen LogP contribution in [0.25, 0.3) is 0 Å². The minimum atomic E-state index is -0.427. The highest BCUT2D eigenvalue weighted by atomic mass is 32.2. The van der Waals surface area contributed by atoms with E-state index in [-0.39, 0.29) is 41.8 Å². The molecular formula is C20H17FN2O3S. The summed E-state index contributed by atoms with van der Waals surface area (Å²) in [6.45, 7) is 1.48. The maximum Gasteiger partial charge on any atom is 0.262 e. The molecule has 0 bridgehead atoms. The van der Waals surface area contributed by atoms with Crippen molar-refractivity contribution in [1.82, 2.24) is 0 Å². The van der Waals surface area contributed by atoms with Crippen molar-refractivity contribution >= 4 is 29.1 Å². The summed E-state index contributed by atoms with van der Waals surface area (Å²) < 4.78 is 19.5. The molecule has 0 heterocycles. The topological polar surface area (TPSA) is 79.2 Å². The molecule has 3 rings (SSSR count). The van der Waals surface area contributed by atoms with Crippen LogP contribution in [0.4, 0.5) is 10.1 Å². The molecule has 1 N–H and O–H groups in total. The number of amides is 1. The lowest BCUT2D eigenvalue weighted by atomic mass is 10.0. The first-order valence-electron chi connectivity index (χ1n) is 8.38. The number of carbonyl (C=O) groups is 2. The highest BCUT2D eigenvalue weighted by molar-refractivity contribution is 7.99. The smallest absolute Gasteiger partial charge is 0.262 e. The van der Waals surface area contributed by atoms with Crippen LogP contribution in [0.1, 0.15) is 35.2 Å². The Morgan fingerprint density at radius 3 is 2.93 bits per heavy atom. The lowest BCUT2D eigenvalue weighted by Crippen LogP contribution is -2.21. The van der Waals surface area contributed by atoms with Crippen molar-refractivity contribution in [1.29, 1.82) is 5.26 Å². The fraction of sp³-hybridized carbons (Fsp3) is 0.250. The zero-order chi connectivity index (χ0) is 19.4. The fourth-order valence-electron chi connectivity index (χ4n) is 3.08. The van der Waals surface area contributed by atoms with Gasteiger partial charge in [0.15, 0.2) is 12.4 Å². The predicted molar refractivity (Wildman–Crippen MR) is 101 cm³/mol. The van der Waals surface area contributed by atoms with Crippen molar-refractivity contribution in [3.63, 3.8) is 0 Å². The molecule has 138 valence electrons. The second kappa shape index (κ2) is 8.23. The first kappa shape index (κ1) is 18.9. The predicted octanol–water partition coefficient (Wildman–Crippen LogP) is 4.15. The second-order valence-electron chi connectivity index (χ2n) is 6.14. The van der Waals surface area contributed by atoms with Gasteiger partial charge in [0.1, 0.15) is 11.6 Å². The summed E-state index contributed by atoms with van der Waals surface area (Å²) in [4.78, 5) is 25.2. The highest BCUT2D eigenvalue weighted by Crippen LogP contribution is 2.39. The van der Waals surface area contributed by atoms with Gasteiger partial charge in [-0.25, -0.2) is 4.39 Å². The van der Waals surface area contributed by atoms with Gasteiger partial charge in [-0.1, -0.05) is 19.1 Å². The van der Waals surface area contributed by atoms with E-state index in [1.54, 1.807) is 19.1 Å². The summed E-state index contributed by atoms with van der Waals surface area (Å²) in [7, 11) is 0. The minimum absolute atomic E-state index is 0.175. The van der Waals surface area contributed by atoms with Crippen LogP contribution in [0.2, 0.25) is 0 Å². The molecule has 0 saturated carbocycles. The lowest BCUT2D eigenvalue weighted by molar-refractivity contribution is -0.118. The van der Waals surface area contributed by atoms with Crippen molar-refractivity contribution in [2.75, 3.05) is 17.7 Å². The summed E-state index contributed by atoms with van der Waals surface area (Å²) >= 11 is 1.32. The Bertz CT molecular complexity index is 939. The van der Waals surface area contributed by atoms with E-state index in [0.717, 1.165) is 4.90 Å².